The third-order valence-corrected chi connectivity index (χ3v) is 11.2. The number of nitrogens with one attached hydrogen (secondary N) is 1. The van der Waals surface area contributed by atoms with Crippen LogP contribution in [0.3, 0.4) is 0 Å². The maximum atomic E-state index is 17.6. The highest BCUT2D eigenvalue weighted by Gasteiger charge is 2.49. The lowest BCUT2D eigenvalue weighted by Crippen LogP contribution is -2.49. The van der Waals surface area contributed by atoms with E-state index >= 15 is 8.78 Å². The number of carbonyl (C=O) groups is 3. The zero-order valence-corrected chi connectivity index (χ0v) is 36.6. The van der Waals surface area contributed by atoms with E-state index in [1.807, 2.05) is 0 Å². The number of alkyl halides is 1. The number of fused-ring (bicyclic) bond motifs is 3. The highest BCUT2D eigenvalue weighted by atomic mass is 19.1. The van der Waals surface area contributed by atoms with Crippen LogP contribution >= 0.6 is 0 Å². The first-order valence-electron chi connectivity index (χ1n) is 21.4. The Kier molecular flexibility index (Phi) is 12.9. The van der Waals surface area contributed by atoms with Gasteiger partial charge in [-0.1, -0.05) is 12.0 Å². The van der Waals surface area contributed by atoms with Crippen molar-refractivity contribution in [2.24, 2.45) is 0 Å². The van der Waals surface area contributed by atoms with Gasteiger partial charge >= 0.3 is 24.2 Å². The summed E-state index contributed by atoms with van der Waals surface area (Å²) >= 11 is 0. The lowest BCUT2D eigenvalue weighted by atomic mass is 9.95. The fourth-order valence-corrected chi connectivity index (χ4v) is 8.54. The monoisotopic (exact) mass is 873 g/mol. The normalized spacial score (nSPS) is 19.4. The summed E-state index contributed by atoms with van der Waals surface area (Å²) in [5, 5.41) is 6.26. The molecule has 0 saturated carbocycles. The summed E-state index contributed by atoms with van der Waals surface area (Å²) in [7, 11) is 0. The second-order valence-electron chi connectivity index (χ2n) is 18.3. The molecule has 2 aromatic carbocycles. The summed E-state index contributed by atoms with van der Waals surface area (Å²) in [6.45, 7) is 12.3. The Balaban J connectivity index is 1.30. The van der Waals surface area contributed by atoms with Crippen LogP contribution in [0.5, 0.6) is 11.8 Å². The predicted molar refractivity (Wildman–Crippen MR) is 230 cm³/mol. The highest BCUT2D eigenvalue weighted by molar-refractivity contribution is 6.03. The van der Waals surface area contributed by atoms with Crippen LogP contribution in [-0.4, -0.2) is 105 Å². The SMILES string of the molecule is C#Cc1c(F)ccc2cc(OC(=O)NCCCC(=O)OC(C)(C)C)cc(-c3ncc4c(N5CCCCCN5C(=O)OC(C)(C)C)nc(OC[C@@]56CCCN5C[C@H](F)C6)nc4c3F)c12. The van der Waals surface area contributed by atoms with Gasteiger partial charge < -0.3 is 24.3 Å². The molecule has 2 atom stereocenters. The summed E-state index contributed by atoms with van der Waals surface area (Å²) in [4.78, 5) is 54.9. The van der Waals surface area contributed by atoms with Gasteiger partial charge in [0.1, 0.15) is 46.8 Å². The summed E-state index contributed by atoms with van der Waals surface area (Å²) in [6, 6.07) is 5.18. The number of benzene rings is 2. The van der Waals surface area contributed by atoms with E-state index < -0.39 is 52.7 Å². The molecule has 3 aliphatic heterocycles. The number of hydrazine groups is 1. The number of hydrogen-bond acceptors (Lipinski definition) is 12. The molecule has 17 heteroatoms. The minimum absolute atomic E-state index is 0.000268. The summed E-state index contributed by atoms with van der Waals surface area (Å²) in [5.74, 6) is 0.362. The van der Waals surface area contributed by atoms with Crippen molar-refractivity contribution in [1.29, 1.82) is 0 Å². The topological polar surface area (TPSA) is 149 Å². The average molecular weight is 874 g/mol. The van der Waals surface area contributed by atoms with Gasteiger partial charge in [-0.2, -0.15) is 9.97 Å². The number of carbonyl (C=O) groups excluding carboxylic acids is 3. The van der Waals surface area contributed by atoms with Crippen molar-refractivity contribution < 1.29 is 46.5 Å². The number of aromatic nitrogens is 3. The molecule has 7 rings (SSSR count). The van der Waals surface area contributed by atoms with E-state index in [4.69, 9.17) is 30.4 Å². The van der Waals surface area contributed by atoms with Crippen LogP contribution in [0, 0.1) is 24.0 Å². The second kappa shape index (κ2) is 18.1. The minimum atomic E-state index is -1.02. The number of nitrogens with zero attached hydrogens (tertiary/aromatic N) is 6. The first-order valence-corrected chi connectivity index (χ1v) is 21.4. The number of rotatable bonds is 10. The van der Waals surface area contributed by atoms with E-state index in [0.717, 1.165) is 25.5 Å². The number of anilines is 1. The lowest BCUT2D eigenvalue weighted by molar-refractivity contribution is -0.154. The average Bonchev–Trinajstić information content (AvgIpc) is 3.61. The van der Waals surface area contributed by atoms with Crippen molar-refractivity contribution in [1.82, 2.24) is 30.2 Å². The van der Waals surface area contributed by atoms with E-state index in [0.29, 0.717) is 37.7 Å². The van der Waals surface area contributed by atoms with E-state index in [1.54, 1.807) is 46.6 Å². The molecule has 14 nitrogen and oxygen atoms in total. The van der Waals surface area contributed by atoms with E-state index in [1.165, 1.54) is 29.4 Å². The van der Waals surface area contributed by atoms with Crippen molar-refractivity contribution in [3.8, 4) is 35.4 Å². The molecule has 3 aliphatic rings. The number of hydrogen-bond donors (Lipinski definition) is 1. The van der Waals surface area contributed by atoms with Gasteiger partial charge in [0.25, 0.3) is 0 Å². The van der Waals surface area contributed by atoms with E-state index in [-0.39, 0.29) is 89.6 Å². The Bertz CT molecular complexity index is 2450. The fourth-order valence-electron chi connectivity index (χ4n) is 8.54. The molecular weight excluding hydrogens is 820 g/mol. The lowest BCUT2D eigenvalue weighted by Gasteiger charge is -2.36. The molecule has 3 fully saturated rings. The van der Waals surface area contributed by atoms with Gasteiger partial charge in [-0.25, -0.2) is 27.8 Å². The van der Waals surface area contributed by atoms with Crippen LogP contribution in [0.1, 0.15) is 98.5 Å². The van der Waals surface area contributed by atoms with Crippen molar-refractivity contribution in [3.63, 3.8) is 0 Å². The predicted octanol–water partition coefficient (Wildman–Crippen LogP) is 8.41. The fraction of sp³-hybridized carbons (Fsp3) is 0.522. The molecule has 0 radical (unpaired) electrons. The first kappa shape index (κ1) is 45.1. The summed E-state index contributed by atoms with van der Waals surface area (Å²) in [5.41, 5.74) is -2.75. The van der Waals surface area contributed by atoms with Crippen molar-refractivity contribution in [2.75, 3.05) is 44.3 Å². The molecule has 0 bridgehead atoms. The standard InChI is InChI=1S/C46H54F3N7O7/c1-8-31-34(48)16-15-28-22-30(61-42(58)50-18-12-14-35(57)62-44(2,3)4)23-32(36(28)31)38-37(49)39-33(25-51-38)40(55-20-10-9-11-21-56(55)43(59)63-45(5,6)7)53-41(52-39)60-27-46-17-13-19-54(46)26-29(47)24-46/h1,15-16,22-23,25,29H,9-14,17-21,24,26-27H2,2-7H3,(H,50,58)/t29-,46+/m1/s1. The number of amides is 2. The van der Waals surface area contributed by atoms with Crippen LogP contribution in [0.2, 0.25) is 0 Å². The van der Waals surface area contributed by atoms with Gasteiger partial charge in [0.05, 0.1) is 16.5 Å². The van der Waals surface area contributed by atoms with Crippen molar-refractivity contribution >= 4 is 45.6 Å². The maximum absolute atomic E-state index is 17.6. The molecule has 2 aromatic heterocycles. The molecule has 1 N–H and O–H groups in total. The third kappa shape index (κ3) is 10.2. The van der Waals surface area contributed by atoms with Gasteiger partial charge in [-0.05, 0) is 110 Å². The summed E-state index contributed by atoms with van der Waals surface area (Å²) < 4.78 is 70.8. The van der Waals surface area contributed by atoms with Crippen LogP contribution in [-0.2, 0) is 14.3 Å². The van der Waals surface area contributed by atoms with E-state index in [9.17, 15) is 18.8 Å². The maximum Gasteiger partial charge on any atom is 0.429 e. The number of esters is 1. The van der Waals surface area contributed by atoms with Gasteiger partial charge in [-0.15, -0.1) is 6.42 Å². The van der Waals surface area contributed by atoms with Crippen LogP contribution in [0.25, 0.3) is 32.9 Å². The molecule has 0 unspecified atom stereocenters. The Labute approximate surface area is 364 Å². The third-order valence-electron chi connectivity index (χ3n) is 11.2. The smallest absolute Gasteiger partial charge is 0.429 e. The number of terminal acetylenes is 1. The molecule has 336 valence electrons. The number of pyridine rings is 1. The first-order chi connectivity index (χ1) is 29.8. The molecule has 63 heavy (non-hydrogen) atoms. The van der Waals surface area contributed by atoms with Gasteiger partial charge in [0, 0.05) is 56.2 Å². The molecule has 0 spiro atoms. The minimum Gasteiger partial charge on any atom is -0.461 e. The van der Waals surface area contributed by atoms with Gasteiger partial charge in [-0.3, -0.25) is 19.7 Å². The van der Waals surface area contributed by atoms with Crippen molar-refractivity contribution in [2.45, 2.75) is 116 Å². The van der Waals surface area contributed by atoms with Crippen LogP contribution in [0.15, 0.2) is 30.5 Å². The zero-order chi connectivity index (χ0) is 45.3. The number of halogens is 3. The van der Waals surface area contributed by atoms with Gasteiger partial charge in [0.15, 0.2) is 11.6 Å². The molecule has 3 saturated heterocycles. The largest absolute Gasteiger partial charge is 0.461 e. The number of ether oxygens (including phenoxy) is 4. The Morgan fingerprint density at radius 3 is 2.49 bits per heavy atom. The second-order valence-corrected chi connectivity index (χ2v) is 18.3. The molecule has 5 heterocycles. The zero-order valence-electron chi connectivity index (χ0n) is 36.6. The molecule has 0 aliphatic carbocycles. The van der Waals surface area contributed by atoms with Gasteiger partial charge in [0.2, 0.25) is 0 Å². The molecule has 2 amide bonds. The Morgan fingerprint density at radius 1 is 0.984 bits per heavy atom. The van der Waals surface area contributed by atoms with Crippen molar-refractivity contribution in [3.05, 3.63) is 47.7 Å². The molecular formula is C46H54F3N7O7. The molecule has 4 aromatic rings. The quantitative estimate of drug-likeness (QED) is 0.0927. The summed E-state index contributed by atoms with van der Waals surface area (Å²) in [6.07, 6.45) is 9.03. The van der Waals surface area contributed by atoms with E-state index in [2.05, 4.69) is 26.1 Å². The Morgan fingerprint density at radius 2 is 1.75 bits per heavy atom. The van der Waals surface area contributed by atoms with Crippen LogP contribution < -0.4 is 19.8 Å². The highest BCUT2D eigenvalue weighted by Crippen LogP contribution is 2.42. The Hall–Kier alpha value is -5.89. The van der Waals surface area contributed by atoms with Crippen LogP contribution in [0.4, 0.5) is 28.6 Å².